The number of phenolic OH excluding ortho intramolecular Hbond substituents is 1. The van der Waals surface area contributed by atoms with Crippen molar-refractivity contribution in [2.24, 2.45) is 23.5 Å². The van der Waals surface area contributed by atoms with Crippen LogP contribution < -0.4 is 10.5 Å². The molecule has 3 N–H and O–H groups in total. The highest BCUT2D eigenvalue weighted by Gasteiger charge is 2.52. The van der Waals surface area contributed by atoms with E-state index in [1.165, 1.54) is 44.6 Å². The molecule has 0 saturated heterocycles. The van der Waals surface area contributed by atoms with E-state index in [0.717, 1.165) is 52.2 Å². The fraction of sp³-hybridized carbons (Fsp3) is 0.500. The van der Waals surface area contributed by atoms with Crippen LogP contribution in [0.15, 0.2) is 42.5 Å². The third-order valence-corrected chi connectivity index (χ3v) is 8.23. The number of ether oxygens (including phenoxy) is 2. The molecule has 2 aromatic carbocycles. The van der Waals surface area contributed by atoms with Gasteiger partial charge in [0, 0.05) is 17.2 Å². The molecule has 0 radical (unpaired) electrons. The molecule has 4 saturated carbocycles. The van der Waals surface area contributed by atoms with Gasteiger partial charge in [-0.05, 0) is 117 Å². The van der Waals surface area contributed by atoms with Crippen LogP contribution in [0.25, 0.3) is 17.2 Å². The first kappa shape index (κ1) is 23.9. The molecule has 6 rings (SSSR count). The average Bonchev–Trinajstić information content (AvgIpc) is 2.83. The minimum atomic E-state index is -0.360. The highest BCUT2D eigenvalue weighted by Crippen LogP contribution is 2.62. The van der Waals surface area contributed by atoms with Crippen molar-refractivity contribution in [3.05, 3.63) is 53.6 Å². The van der Waals surface area contributed by atoms with E-state index in [0.29, 0.717) is 25.5 Å². The van der Waals surface area contributed by atoms with E-state index < -0.39 is 0 Å². The Balaban J connectivity index is 1.48. The average molecular weight is 476 g/mol. The van der Waals surface area contributed by atoms with Crippen LogP contribution in [0, 0.1) is 17.8 Å². The van der Waals surface area contributed by atoms with Crippen molar-refractivity contribution in [3.8, 4) is 22.6 Å². The summed E-state index contributed by atoms with van der Waals surface area (Å²) in [5.41, 5.74) is 9.82. The number of aromatic hydroxyl groups is 1. The minimum Gasteiger partial charge on any atom is -0.508 e. The molecule has 4 aliphatic carbocycles. The van der Waals surface area contributed by atoms with Gasteiger partial charge in [-0.2, -0.15) is 0 Å². The molecule has 0 spiro atoms. The first-order valence-corrected chi connectivity index (χ1v) is 13.2. The summed E-state index contributed by atoms with van der Waals surface area (Å²) in [6.07, 6.45) is 11.7. The molecule has 5 nitrogen and oxygen atoms in total. The van der Waals surface area contributed by atoms with Gasteiger partial charge < -0.3 is 20.3 Å². The molecule has 0 atom stereocenters. The molecule has 0 heterocycles. The van der Waals surface area contributed by atoms with Crippen molar-refractivity contribution in [2.75, 3.05) is 19.8 Å². The van der Waals surface area contributed by atoms with Gasteiger partial charge in [0.1, 0.15) is 11.5 Å². The predicted molar refractivity (Wildman–Crippen MR) is 138 cm³/mol. The van der Waals surface area contributed by atoms with Crippen LogP contribution in [0.5, 0.6) is 11.5 Å². The maximum Gasteiger partial charge on any atom is 0.330 e. The molecule has 0 aromatic heterocycles. The van der Waals surface area contributed by atoms with E-state index >= 15 is 0 Å². The van der Waals surface area contributed by atoms with Gasteiger partial charge in [-0.3, -0.25) is 0 Å². The molecule has 35 heavy (non-hydrogen) atoms. The zero-order chi connectivity index (χ0) is 24.4. The first-order valence-electron chi connectivity index (χ1n) is 13.2. The molecular formula is C30H37NO4. The van der Waals surface area contributed by atoms with Gasteiger partial charge in [0.25, 0.3) is 0 Å². The number of esters is 1. The van der Waals surface area contributed by atoms with Gasteiger partial charge in [0.2, 0.25) is 0 Å². The highest BCUT2D eigenvalue weighted by molar-refractivity contribution is 5.87. The number of carbonyl (C=O) groups is 1. The Morgan fingerprint density at radius 1 is 1.09 bits per heavy atom. The summed E-state index contributed by atoms with van der Waals surface area (Å²) < 4.78 is 11.2. The van der Waals surface area contributed by atoms with E-state index in [1.54, 1.807) is 13.0 Å². The van der Waals surface area contributed by atoms with Gasteiger partial charge in [0.15, 0.2) is 0 Å². The Hall–Kier alpha value is -2.79. The number of hydrogen-bond donors (Lipinski definition) is 2. The second-order valence-electron chi connectivity index (χ2n) is 10.8. The van der Waals surface area contributed by atoms with Crippen LogP contribution in [0.1, 0.15) is 63.0 Å². The van der Waals surface area contributed by atoms with Crippen LogP contribution >= 0.6 is 0 Å². The van der Waals surface area contributed by atoms with E-state index in [1.807, 2.05) is 30.3 Å². The number of phenols is 1. The lowest BCUT2D eigenvalue weighted by molar-refractivity contribution is -0.137. The number of benzene rings is 2. The Kier molecular flexibility index (Phi) is 6.88. The summed E-state index contributed by atoms with van der Waals surface area (Å²) in [6, 6.07) is 12.0. The van der Waals surface area contributed by atoms with Crippen molar-refractivity contribution < 1.29 is 19.4 Å². The topological polar surface area (TPSA) is 81.8 Å². The van der Waals surface area contributed by atoms with Crippen molar-refractivity contribution in [1.29, 1.82) is 0 Å². The maximum atomic E-state index is 11.8. The number of carbonyl (C=O) groups excluding carboxylic acids is 1. The molecule has 2 aromatic rings. The van der Waals surface area contributed by atoms with Crippen LogP contribution in [0.4, 0.5) is 0 Å². The molecule has 0 aliphatic heterocycles. The van der Waals surface area contributed by atoms with Gasteiger partial charge >= 0.3 is 5.97 Å². The molecule has 186 valence electrons. The van der Waals surface area contributed by atoms with E-state index in [-0.39, 0.29) is 11.4 Å². The Bertz CT molecular complexity index is 1070. The van der Waals surface area contributed by atoms with Crippen LogP contribution in [0.2, 0.25) is 0 Å². The van der Waals surface area contributed by atoms with Crippen LogP contribution in [-0.4, -0.2) is 30.8 Å². The molecule has 4 bridgehead atoms. The van der Waals surface area contributed by atoms with Crippen molar-refractivity contribution in [1.82, 2.24) is 0 Å². The van der Waals surface area contributed by atoms with Gasteiger partial charge in [-0.25, -0.2) is 4.79 Å². The third kappa shape index (κ3) is 4.97. The number of hydrogen-bond acceptors (Lipinski definition) is 5. The standard InChI is InChI=1S/C30H37NO4/c1-2-34-29(33)9-5-20-4-7-25(28(15-20)35-11-3-10-31)24-6-8-27(32)26(16-24)30-17-21-12-22(18-30)14-23(13-21)19-30/h4-9,15-16,21-23,32H,2-3,10-14,17-19,31H2,1H3/b9-5+. The monoisotopic (exact) mass is 475 g/mol. The lowest BCUT2D eigenvalue weighted by Gasteiger charge is -2.57. The zero-order valence-electron chi connectivity index (χ0n) is 20.7. The normalized spacial score (nSPS) is 26.9. The lowest BCUT2D eigenvalue weighted by atomic mass is 9.48. The van der Waals surface area contributed by atoms with Crippen molar-refractivity contribution >= 4 is 12.0 Å². The molecule has 4 aliphatic rings. The molecule has 4 fully saturated rings. The SMILES string of the molecule is CCOC(=O)/C=C/c1ccc(-c2ccc(O)c(C34CC5CC(CC(C5)C3)C4)c2)c(OCCCN)c1. The van der Waals surface area contributed by atoms with Crippen molar-refractivity contribution in [3.63, 3.8) is 0 Å². The Labute approximate surface area is 208 Å². The van der Waals surface area contributed by atoms with E-state index in [9.17, 15) is 9.90 Å². The van der Waals surface area contributed by atoms with Gasteiger partial charge in [0.05, 0.1) is 13.2 Å². The molecule has 5 heteroatoms. The lowest BCUT2D eigenvalue weighted by Crippen LogP contribution is -2.48. The smallest absolute Gasteiger partial charge is 0.330 e. The van der Waals surface area contributed by atoms with Crippen molar-refractivity contribution in [2.45, 2.75) is 57.3 Å². The number of rotatable bonds is 9. The fourth-order valence-electron chi connectivity index (χ4n) is 7.19. The molecule has 0 amide bonds. The molecular weight excluding hydrogens is 438 g/mol. The summed E-state index contributed by atoms with van der Waals surface area (Å²) >= 11 is 0. The summed E-state index contributed by atoms with van der Waals surface area (Å²) in [7, 11) is 0. The fourth-order valence-corrected chi connectivity index (χ4v) is 7.19. The maximum absolute atomic E-state index is 11.8. The largest absolute Gasteiger partial charge is 0.508 e. The number of nitrogens with two attached hydrogens (primary N) is 1. The summed E-state index contributed by atoms with van der Waals surface area (Å²) in [5, 5.41) is 11.0. The second-order valence-corrected chi connectivity index (χ2v) is 10.8. The van der Waals surface area contributed by atoms with Crippen LogP contribution in [0.3, 0.4) is 0 Å². The van der Waals surface area contributed by atoms with E-state index in [4.69, 9.17) is 15.2 Å². The van der Waals surface area contributed by atoms with Gasteiger partial charge in [-0.1, -0.05) is 18.2 Å². The predicted octanol–water partition coefficient (Wildman–Crippen LogP) is 5.83. The third-order valence-electron chi connectivity index (χ3n) is 8.23. The zero-order valence-corrected chi connectivity index (χ0v) is 20.7. The Morgan fingerprint density at radius 2 is 1.80 bits per heavy atom. The minimum absolute atomic E-state index is 0.109. The highest BCUT2D eigenvalue weighted by atomic mass is 16.5. The summed E-state index contributed by atoms with van der Waals surface area (Å²) in [4.78, 5) is 11.8. The quantitative estimate of drug-likeness (QED) is 0.271. The van der Waals surface area contributed by atoms with Gasteiger partial charge in [-0.15, -0.1) is 0 Å². The second kappa shape index (κ2) is 10.1. The molecule has 0 unspecified atom stereocenters. The summed E-state index contributed by atoms with van der Waals surface area (Å²) in [6.45, 7) is 3.23. The first-order chi connectivity index (χ1) is 17.0. The van der Waals surface area contributed by atoms with Crippen LogP contribution in [-0.2, 0) is 14.9 Å². The van der Waals surface area contributed by atoms with E-state index in [2.05, 4.69) is 6.07 Å². The Morgan fingerprint density at radius 3 is 2.46 bits per heavy atom. The summed E-state index contributed by atoms with van der Waals surface area (Å²) in [5.74, 6) is 3.25.